The summed E-state index contributed by atoms with van der Waals surface area (Å²) in [4.78, 5) is 0. The van der Waals surface area contributed by atoms with Crippen LogP contribution in [0.1, 0.15) is 47.5 Å². The van der Waals surface area contributed by atoms with E-state index in [1.54, 1.807) is 0 Å². The van der Waals surface area contributed by atoms with E-state index in [1.807, 2.05) is 0 Å². The van der Waals surface area contributed by atoms with Crippen LogP contribution >= 0.6 is 0 Å². The van der Waals surface area contributed by atoms with Gasteiger partial charge in [0.1, 0.15) is 0 Å². The van der Waals surface area contributed by atoms with E-state index in [-0.39, 0.29) is 0 Å². The lowest BCUT2D eigenvalue weighted by Gasteiger charge is -2.44. The van der Waals surface area contributed by atoms with Crippen molar-refractivity contribution < 1.29 is 0 Å². The Morgan fingerprint density at radius 2 is 1.79 bits per heavy atom. The van der Waals surface area contributed by atoms with Gasteiger partial charge in [0, 0.05) is 11.7 Å². The van der Waals surface area contributed by atoms with Gasteiger partial charge in [0.15, 0.2) is 0 Å². The molecule has 82 valence electrons. The Morgan fingerprint density at radius 1 is 1.29 bits per heavy atom. The molecule has 0 aromatic carbocycles. The largest absolute Gasteiger partial charge is 0.386 e. The second-order valence-electron chi connectivity index (χ2n) is 5.97. The second-order valence-corrected chi connectivity index (χ2v) is 5.97. The molecule has 1 atom stereocenters. The summed E-state index contributed by atoms with van der Waals surface area (Å²) in [6, 6.07) is 0.547. The number of nitrogens with one attached hydrogen (secondary N) is 1. The van der Waals surface area contributed by atoms with Gasteiger partial charge >= 0.3 is 0 Å². The van der Waals surface area contributed by atoms with Gasteiger partial charge < -0.3 is 5.32 Å². The smallest absolute Gasteiger partial charge is 0.0252 e. The van der Waals surface area contributed by atoms with Crippen LogP contribution in [0.5, 0.6) is 0 Å². The number of hydrogen-bond donors (Lipinski definition) is 1. The Labute approximate surface area is 89.0 Å². The zero-order valence-corrected chi connectivity index (χ0v) is 10.4. The van der Waals surface area contributed by atoms with Crippen LogP contribution in [0.25, 0.3) is 0 Å². The van der Waals surface area contributed by atoms with E-state index >= 15 is 0 Å². The van der Waals surface area contributed by atoms with Crippen LogP contribution in [0.2, 0.25) is 0 Å². The Hall–Kier alpha value is -0.460. The van der Waals surface area contributed by atoms with E-state index in [0.717, 1.165) is 0 Å². The van der Waals surface area contributed by atoms with Crippen LogP contribution in [0.15, 0.2) is 12.3 Å². The average molecular weight is 195 g/mol. The predicted octanol–water partition coefficient (Wildman–Crippen LogP) is 3.57. The van der Waals surface area contributed by atoms with Gasteiger partial charge in [-0.1, -0.05) is 34.3 Å². The first-order chi connectivity index (χ1) is 6.32. The number of rotatable bonds is 4. The van der Waals surface area contributed by atoms with Crippen molar-refractivity contribution in [3.63, 3.8) is 0 Å². The van der Waals surface area contributed by atoms with Crippen molar-refractivity contribution in [1.29, 1.82) is 0 Å². The summed E-state index contributed by atoms with van der Waals surface area (Å²) in [6.07, 6.45) is 2.59. The highest BCUT2D eigenvalue weighted by Gasteiger charge is 2.37. The van der Waals surface area contributed by atoms with Gasteiger partial charge in [-0.3, -0.25) is 0 Å². The molecule has 0 aromatic heterocycles. The van der Waals surface area contributed by atoms with Gasteiger partial charge in [-0.25, -0.2) is 0 Å². The normalized spacial score (nSPS) is 23.0. The first kappa shape index (κ1) is 11.6. The third-order valence-corrected chi connectivity index (χ3v) is 3.50. The Morgan fingerprint density at radius 3 is 2.14 bits per heavy atom. The Kier molecular flexibility index (Phi) is 3.28. The minimum Gasteiger partial charge on any atom is -0.386 e. The molecule has 0 spiro atoms. The van der Waals surface area contributed by atoms with Crippen molar-refractivity contribution in [1.82, 2.24) is 5.32 Å². The molecule has 0 heterocycles. The summed E-state index contributed by atoms with van der Waals surface area (Å²) in [7, 11) is 0. The molecule has 0 unspecified atom stereocenters. The minimum atomic E-state index is 0.547. The van der Waals surface area contributed by atoms with Crippen molar-refractivity contribution in [2.24, 2.45) is 17.3 Å². The van der Waals surface area contributed by atoms with Crippen molar-refractivity contribution in [3.8, 4) is 0 Å². The third kappa shape index (κ3) is 2.76. The molecule has 1 aliphatic rings. The zero-order chi connectivity index (χ0) is 10.9. The molecule has 1 fully saturated rings. The summed E-state index contributed by atoms with van der Waals surface area (Å²) in [5.41, 5.74) is 1.81. The van der Waals surface area contributed by atoms with Gasteiger partial charge in [0.2, 0.25) is 0 Å². The summed E-state index contributed by atoms with van der Waals surface area (Å²) >= 11 is 0. The standard InChI is InChI=1S/C13H25N/c1-9(2)10(3)14-11(4)12-7-13(5,6)8-12/h9-10,12,14H,4,7-8H2,1-3,5-6H3/t10-/m1/s1. The number of hydrogen-bond acceptors (Lipinski definition) is 1. The summed E-state index contributed by atoms with van der Waals surface area (Å²) < 4.78 is 0. The first-order valence-corrected chi connectivity index (χ1v) is 5.77. The van der Waals surface area contributed by atoms with Crippen LogP contribution in [0.3, 0.4) is 0 Å². The number of allylic oxidation sites excluding steroid dienone is 1. The van der Waals surface area contributed by atoms with Gasteiger partial charge in [-0.2, -0.15) is 0 Å². The van der Waals surface area contributed by atoms with Crippen molar-refractivity contribution in [2.45, 2.75) is 53.5 Å². The maximum absolute atomic E-state index is 4.15. The lowest BCUT2D eigenvalue weighted by atomic mass is 9.63. The fourth-order valence-corrected chi connectivity index (χ4v) is 2.10. The average Bonchev–Trinajstić information content (AvgIpc) is 1.99. The molecule has 1 N–H and O–H groups in total. The minimum absolute atomic E-state index is 0.547. The van der Waals surface area contributed by atoms with Gasteiger partial charge in [-0.15, -0.1) is 0 Å². The van der Waals surface area contributed by atoms with E-state index < -0.39 is 0 Å². The van der Waals surface area contributed by atoms with Crippen molar-refractivity contribution in [3.05, 3.63) is 12.3 Å². The Bertz CT molecular complexity index is 207. The molecular weight excluding hydrogens is 170 g/mol. The fraction of sp³-hybridized carbons (Fsp3) is 0.846. The lowest BCUT2D eigenvalue weighted by molar-refractivity contribution is 0.116. The van der Waals surface area contributed by atoms with E-state index in [0.29, 0.717) is 23.3 Å². The fourth-order valence-electron chi connectivity index (χ4n) is 2.10. The molecule has 14 heavy (non-hydrogen) atoms. The highest BCUT2D eigenvalue weighted by atomic mass is 14.9. The molecular formula is C13H25N. The summed E-state index contributed by atoms with van der Waals surface area (Å²) in [5, 5.41) is 3.52. The van der Waals surface area contributed by atoms with Crippen LogP contribution in [-0.4, -0.2) is 6.04 Å². The van der Waals surface area contributed by atoms with Gasteiger partial charge in [0.25, 0.3) is 0 Å². The Balaban J connectivity index is 2.31. The zero-order valence-electron chi connectivity index (χ0n) is 10.4. The summed E-state index contributed by atoms with van der Waals surface area (Å²) in [6.45, 7) is 15.6. The van der Waals surface area contributed by atoms with Gasteiger partial charge in [0.05, 0.1) is 0 Å². The van der Waals surface area contributed by atoms with E-state index in [1.165, 1.54) is 18.5 Å². The van der Waals surface area contributed by atoms with E-state index in [2.05, 4.69) is 46.5 Å². The van der Waals surface area contributed by atoms with Crippen LogP contribution in [0, 0.1) is 17.3 Å². The van der Waals surface area contributed by atoms with E-state index in [4.69, 9.17) is 0 Å². The SMILES string of the molecule is C=C(N[C@H](C)C(C)C)C1CC(C)(C)C1. The topological polar surface area (TPSA) is 12.0 Å². The second kappa shape index (κ2) is 3.96. The van der Waals surface area contributed by atoms with Crippen LogP contribution in [0.4, 0.5) is 0 Å². The third-order valence-electron chi connectivity index (χ3n) is 3.50. The highest BCUT2D eigenvalue weighted by molar-refractivity contribution is 5.07. The van der Waals surface area contributed by atoms with Crippen molar-refractivity contribution in [2.75, 3.05) is 0 Å². The highest BCUT2D eigenvalue weighted by Crippen LogP contribution is 2.47. The molecule has 0 bridgehead atoms. The maximum Gasteiger partial charge on any atom is 0.0252 e. The lowest BCUT2D eigenvalue weighted by Crippen LogP contribution is -2.40. The molecule has 1 heteroatoms. The van der Waals surface area contributed by atoms with Crippen LogP contribution in [-0.2, 0) is 0 Å². The van der Waals surface area contributed by atoms with Gasteiger partial charge in [-0.05, 0) is 37.0 Å². The summed E-state index contributed by atoms with van der Waals surface area (Å²) in [5.74, 6) is 1.39. The maximum atomic E-state index is 4.15. The monoisotopic (exact) mass is 195 g/mol. The molecule has 0 amide bonds. The molecule has 1 aliphatic carbocycles. The predicted molar refractivity (Wildman–Crippen MR) is 63.1 cm³/mol. The molecule has 1 rings (SSSR count). The van der Waals surface area contributed by atoms with Crippen molar-refractivity contribution >= 4 is 0 Å². The quantitative estimate of drug-likeness (QED) is 0.723. The molecule has 0 saturated heterocycles. The molecule has 0 aromatic rings. The molecule has 0 aliphatic heterocycles. The molecule has 1 nitrogen and oxygen atoms in total. The van der Waals surface area contributed by atoms with E-state index in [9.17, 15) is 0 Å². The molecule has 0 radical (unpaired) electrons. The van der Waals surface area contributed by atoms with Crippen LogP contribution < -0.4 is 5.32 Å². The first-order valence-electron chi connectivity index (χ1n) is 5.77. The molecule has 1 saturated carbocycles.